The van der Waals surface area contributed by atoms with Crippen LogP contribution in [0.25, 0.3) is 0 Å². The third kappa shape index (κ3) is 3.29. The van der Waals surface area contributed by atoms with E-state index in [-0.39, 0.29) is 11.2 Å². The molecule has 0 amide bonds. The van der Waals surface area contributed by atoms with E-state index in [1.54, 1.807) is 6.07 Å². The molecule has 1 aromatic rings. The zero-order valence-corrected chi connectivity index (χ0v) is 11.8. The predicted octanol–water partition coefficient (Wildman–Crippen LogP) is 3.72. The summed E-state index contributed by atoms with van der Waals surface area (Å²) in [5, 5.41) is 3.22. The van der Waals surface area contributed by atoms with Crippen LogP contribution in [0.3, 0.4) is 0 Å². The first-order valence-electron chi connectivity index (χ1n) is 6.22. The van der Waals surface area contributed by atoms with Gasteiger partial charge in [-0.2, -0.15) is 0 Å². The molecule has 2 heteroatoms. The fraction of sp³-hybridized carbons (Fsp3) is 0.600. The average molecular weight is 237 g/mol. The van der Waals surface area contributed by atoms with Gasteiger partial charge in [0, 0.05) is 6.04 Å². The summed E-state index contributed by atoms with van der Waals surface area (Å²) in [5.74, 6) is -0.0733. The van der Waals surface area contributed by atoms with Crippen molar-refractivity contribution in [3.05, 3.63) is 34.6 Å². The van der Waals surface area contributed by atoms with Crippen molar-refractivity contribution in [1.29, 1.82) is 0 Å². The van der Waals surface area contributed by atoms with Crippen molar-refractivity contribution in [3.63, 3.8) is 0 Å². The minimum absolute atomic E-state index is 0.0733. The number of hydrogen-bond acceptors (Lipinski definition) is 1. The van der Waals surface area contributed by atoms with E-state index in [9.17, 15) is 4.39 Å². The Morgan fingerprint density at radius 2 is 1.88 bits per heavy atom. The molecule has 96 valence electrons. The number of aryl methyl sites for hydroxylation is 2. The van der Waals surface area contributed by atoms with Gasteiger partial charge >= 0.3 is 0 Å². The molecule has 1 rings (SSSR count). The molecule has 1 nitrogen and oxygen atoms in total. The SMILES string of the molecule is CNC(C)CC(C)(C)c1c(C)cc(C)cc1F. The molecule has 1 atom stereocenters. The molecule has 1 N–H and O–H groups in total. The Morgan fingerprint density at radius 3 is 2.35 bits per heavy atom. The molecule has 0 aliphatic heterocycles. The minimum Gasteiger partial charge on any atom is -0.317 e. The van der Waals surface area contributed by atoms with Crippen LogP contribution in [-0.4, -0.2) is 13.1 Å². The molecular weight excluding hydrogens is 213 g/mol. The monoisotopic (exact) mass is 237 g/mol. The maximum atomic E-state index is 14.1. The van der Waals surface area contributed by atoms with Crippen molar-refractivity contribution in [2.75, 3.05) is 7.05 Å². The van der Waals surface area contributed by atoms with Crippen LogP contribution in [0.4, 0.5) is 4.39 Å². The molecule has 0 heterocycles. The zero-order valence-electron chi connectivity index (χ0n) is 11.8. The van der Waals surface area contributed by atoms with Gasteiger partial charge in [-0.05, 0) is 62.4 Å². The number of nitrogens with one attached hydrogen (secondary N) is 1. The summed E-state index contributed by atoms with van der Waals surface area (Å²) in [6.07, 6.45) is 0.921. The second-order valence-corrected chi connectivity index (χ2v) is 5.72. The maximum Gasteiger partial charge on any atom is 0.127 e. The Kier molecular flexibility index (Phi) is 4.31. The molecule has 0 aromatic heterocycles. The van der Waals surface area contributed by atoms with Gasteiger partial charge in [-0.25, -0.2) is 4.39 Å². The molecule has 0 aliphatic rings. The molecule has 0 saturated carbocycles. The number of benzene rings is 1. The molecular formula is C15H24FN. The van der Waals surface area contributed by atoms with Crippen LogP contribution < -0.4 is 5.32 Å². The number of rotatable bonds is 4. The zero-order chi connectivity index (χ0) is 13.2. The van der Waals surface area contributed by atoms with Gasteiger partial charge in [-0.15, -0.1) is 0 Å². The van der Waals surface area contributed by atoms with Gasteiger partial charge in [0.15, 0.2) is 0 Å². The topological polar surface area (TPSA) is 12.0 Å². The first-order chi connectivity index (χ1) is 7.77. The highest BCUT2D eigenvalue weighted by Crippen LogP contribution is 2.33. The molecule has 0 spiro atoms. The van der Waals surface area contributed by atoms with E-state index < -0.39 is 0 Å². The van der Waals surface area contributed by atoms with Crippen molar-refractivity contribution < 1.29 is 4.39 Å². The van der Waals surface area contributed by atoms with Crippen LogP contribution in [0, 0.1) is 19.7 Å². The van der Waals surface area contributed by atoms with Crippen LogP contribution in [0.2, 0.25) is 0 Å². The molecule has 0 fully saturated rings. The molecule has 0 bridgehead atoms. The highest BCUT2D eigenvalue weighted by molar-refractivity contribution is 5.37. The lowest BCUT2D eigenvalue weighted by molar-refractivity contribution is 0.388. The van der Waals surface area contributed by atoms with Crippen molar-refractivity contribution in [1.82, 2.24) is 5.32 Å². The predicted molar refractivity (Wildman–Crippen MR) is 72.0 cm³/mol. The van der Waals surface area contributed by atoms with Gasteiger partial charge in [-0.3, -0.25) is 0 Å². The Morgan fingerprint density at radius 1 is 1.29 bits per heavy atom. The first kappa shape index (κ1) is 14.2. The van der Waals surface area contributed by atoms with Crippen LogP contribution in [0.1, 0.15) is 43.9 Å². The van der Waals surface area contributed by atoms with E-state index in [1.165, 1.54) is 0 Å². The van der Waals surface area contributed by atoms with E-state index >= 15 is 0 Å². The van der Waals surface area contributed by atoms with Gasteiger partial charge in [0.05, 0.1) is 0 Å². The third-order valence-corrected chi connectivity index (χ3v) is 3.42. The molecule has 0 aliphatic carbocycles. The second kappa shape index (κ2) is 5.18. The van der Waals surface area contributed by atoms with E-state index in [0.717, 1.165) is 23.1 Å². The highest BCUT2D eigenvalue weighted by Gasteiger charge is 2.27. The van der Waals surface area contributed by atoms with Crippen LogP contribution in [-0.2, 0) is 5.41 Å². The van der Waals surface area contributed by atoms with Crippen molar-refractivity contribution in [3.8, 4) is 0 Å². The van der Waals surface area contributed by atoms with Crippen LogP contribution in [0.15, 0.2) is 12.1 Å². The lowest BCUT2D eigenvalue weighted by Gasteiger charge is -2.30. The third-order valence-electron chi connectivity index (χ3n) is 3.42. The fourth-order valence-corrected chi connectivity index (χ4v) is 2.74. The van der Waals surface area contributed by atoms with Gasteiger partial charge < -0.3 is 5.32 Å². The van der Waals surface area contributed by atoms with Crippen LogP contribution in [0.5, 0.6) is 0 Å². The summed E-state index contributed by atoms with van der Waals surface area (Å²) in [6, 6.07) is 4.07. The normalized spacial score (nSPS) is 13.8. The van der Waals surface area contributed by atoms with Gasteiger partial charge in [0.25, 0.3) is 0 Å². The summed E-state index contributed by atoms with van der Waals surface area (Å²) in [4.78, 5) is 0. The van der Waals surface area contributed by atoms with Crippen molar-refractivity contribution >= 4 is 0 Å². The van der Waals surface area contributed by atoms with E-state index in [4.69, 9.17) is 0 Å². The van der Waals surface area contributed by atoms with Crippen LogP contribution >= 0.6 is 0 Å². The standard InChI is InChI=1S/C15H24FN/c1-10-7-11(2)14(13(16)8-10)15(4,5)9-12(3)17-6/h7-8,12,17H,9H2,1-6H3. The number of halogens is 1. The Hall–Kier alpha value is -0.890. The van der Waals surface area contributed by atoms with Gasteiger partial charge in [-0.1, -0.05) is 19.9 Å². The first-order valence-corrected chi connectivity index (χ1v) is 6.22. The second-order valence-electron chi connectivity index (χ2n) is 5.72. The lowest BCUT2D eigenvalue weighted by Crippen LogP contribution is -2.32. The Balaban J connectivity index is 3.14. The van der Waals surface area contributed by atoms with E-state index in [0.29, 0.717) is 6.04 Å². The number of hydrogen-bond donors (Lipinski definition) is 1. The molecule has 0 radical (unpaired) electrons. The van der Waals surface area contributed by atoms with Crippen molar-refractivity contribution in [2.45, 2.75) is 52.5 Å². The Bertz CT molecular complexity index is 373. The fourth-order valence-electron chi connectivity index (χ4n) is 2.74. The maximum absolute atomic E-state index is 14.1. The van der Waals surface area contributed by atoms with Gasteiger partial charge in [0.1, 0.15) is 5.82 Å². The quantitative estimate of drug-likeness (QED) is 0.841. The van der Waals surface area contributed by atoms with Crippen molar-refractivity contribution in [2.24, 2.45) is 0 Å². The van der Waals surface area contributed by atoms with Gasteiger partial charge in [0.2, 0.25) is 0 Å². The average Bonchev–Trinajstić information content (AvgIpc) is 2.14. The molecule has 1 unspecified atom stereocenters. The molecule has 17 heavy (non-hydrogen) atoms. The summed E-state index contributed by atoms with van der Waals surface area (Å²) >= 11 is 0. The summed E-state index contributed by atoms with van der Waals surface area (Å²) < 4.78 is 14.1. The smallest absolute Gasteiger partial charge is 0.127 e. The van der Waals surface area contributed by atoms with E-state index in [2.05, 4.69) is 32.2 Å². The Labute approximate surface area is 104 Å². The summed E-state index contributed by atoms with van der Waals surface area (Å²) in [7, 11) is 1.94. The largest absolute Gasteiger partial charge is 0.317 e. The summed E-state index contributed by atoms with van der Waals surface area (Å²) in [5.41, 5.74) is 2.74. The van der Waals surface area contributed by atoms with E-state index in [1.807, 2.05) is 20.9 Å². The highest BCUT2D eigenvalue weighted by atomic mass is 19.1. The lowest BCUT2D eigenvalue weighted by atomic mass is 9.76. The molecule has 1 aromatic carbocycles. The summed E-state index contributed by atoms with van der Waals surface area (Å²) in [6.45, 7) is 10.3. The molecule has 0 saturated heterocycles. The minimum atomic E-state index is -0.149.